The summed E-state index contributed by atoms with van der Waals surface area (Å²) in [6.45, 7) is 8.26. The molecular weight excluding hydrogens is 428 g/mol. The van der Waals surface area contributed by atoms with Crippen LogP contribution in [0.4, 0.5) is 5.95 Å². The molecule has 1 N–H and O–H groups in total. The Bertz CT molecular complexity index is 1150. The summed E-state index contributed by atoms with van der Waals surface area (Å²) < 4.78 is 34.1. The number of aromatic nitrogens is 2. The number of nitrogens with one attached hydrogen (secondary N) is 1. The number of nitrogens with zero attached hydrogens (tertiary/aromatic N) is 3. The van der Waals surface area contributed by atoms with E-state index in [0.717, 1.165) is 17.5 Å². The third kappa shape index (κ3) is 5.17. The van der Waals surface area contributed by atoms with E-state index in [4.69, 9.17) is 4.74 Å². The Morgan fingerprint density at radius 1 is 1.06 bits per heavy atom. The Kier molecular flexibility index (Phi) is 8.00. The molecule has 3 aromatic rings. The Morgan fingerprint density at radius 3 is 2.41 bits per heavy atom. The fourth-order valence-electron chi connectivity index (χ4n) is 3.53. The number of rotatable bonds is 11. The minimum atomic E-state index is -3.57. The van der Waals surface area contributed by atoms with E-state index in [9.17, 15) is 13.2 Å². The van der Waals surface area contributed by atoms with Crippen molar-refractivity contribution in [3.05, 3.63) is 54.1 Å². The molecule has 0 spiro atoms. The van der Waals surface area contributed by atoms with Crippen molar-refractivity contribution in [1.29, 1.82) is 0 Å². The van der Waals surface area contributed by atoms with Crippen molar-refractivity contribution < 1.29 is 17.9 Å². The maximum atomic E-state index is 12.9. The number of carbonyl (C=O) groups is 1. The minimum absolute atomic E-state index is 0.168. The van der Waals surface area contributed by atoms with Crippen molar-refractivity contribution in [2.24, 2.45) is 0 Å². The SMILES string of the molecule is CCOCCCn1c(NC(=O)c2ccc(S(=O)(=O)N(CC)CC)cc2)nc2ccccc21. The van der Waals surface area contributed by atoms with Gasteiger partial charge in [-0.1, -0.05) is 26.0 Å². The second-order valence-corrected chi connectivity index (χ2v) is 9.13. The van der Waals surface area contributed by atoms with Gasteiger partial charge in [0.2, 0.25) is 16.0 Å². The third-order valence-electron chi connectivity index (χ3n) is 5.21. The van der Waals surface area contributed by atoms with E-state index in [1.807, 2.05) is 35.8 Å². The fraction of sp³-hybridized carbons (Fsp3) is 0.391. The highest BCUT2D eigenvalue weighted by molar-refractivity contribution is 7.89. The van der Waals surface area contributed by atoms with E-state index in [0.29, 0.717) is 44.4 Å². The van der Waals surface area contributed by atoms with Crippen molar-refractivity contribution in [3.63, 3.8) is 0 Å². The van der Waals surface area contributed by atoms with Crippen molar-refractivity contribution in [2.45, 2.75) is 38.6 Å². The molecule has 0 aliphatic rings. The van der Waals surface area contributed by atoms with Crippen LogP contribution < -0.4 is 5.32 Å². The summed E-state index contributed by atoms with van der Waals surface area (Å²) in [4.78, 5) is 17.6. The van der Waals surface area contributed by atoms with E-state index in [2.05, 4.69) is 10.3 Å². The lowest BCUT2D eigenvalue weighted by molar-refractivity contribution is 0.102. The largest absolute Gasteiger partial charge is 0.382 e. The van der Waals surface area contributed by atoms with Gasteiger partial charge in [-0.15, -0.1) is 0 Å². The van der Waals surface area contributed by atoms with Crippen LogP contribution in [0.25, 0.3) is 11.0 Å². The zero-order chi connectivity index (χ0) is 23.1. The predicted octanol–water partition coefficient (Wildman–Crippen LogP) is 3.75. The molecule has 9 heteroatoms. The van der Waals surface area contributed by atoms with Gasteiger partial charge in [0, 0.05) is 38.4 Å². The van der Waals surface area contributed by atoms with Crippen molar-refractivity contribution in [2.75, 3.05) is 31.6 Å². The molecule has 0 aliphatic heterocycles. The van der Waals surface area contributed by atoms with Gasteiger partial charge in [0.15, 0.2) is 0 Å². The van der Waals surface area contributed by atoms with Crippen LogP contribution in [0.1, 0.15) is 37.6 Å². The first-order valence-corrected chi connectivity index (χ1v) is 12.3. The molecule has 0 atom stereocenters. The van der Waals surface area contributed by atoms with Crippen LogP contribution in [0.15, 0.2) is 53.4 Å². The van der Waals surface area contributed by atoms with Gasteiger partial charge in [-0.3, -0.25) is 10.1 Å². The molecule has 1 heterocycles. The molecule has 0 fully saturated rings. The molecule has 0 saturated heterocycles. The van der Waals surface area contributed by atoms with Gasteiger partial charge in [0.25, 0.3) is 5.91 Å². The lowest BCUT2D eigenvalue weighted by Crippen LogP contribution is -2.30. The zero-order valence-electron chi connectivity index (χ0n) is 18.7. The standard InChI is InChI=1S/C23H30N4O4S/c1-4-26(5-2)32(29,30)19-14-12-18(13-15-19)22(28)25-23-24-20-10-7-8-11-21(20)27(23)16-9-17-31-6-3/h7-8,10-15H,4-6,9,16-17H2,1-3H3,(H,24,25,28). The molecule has 0 unspecified atom stereocenters. The molecule has 0 radical (unpaired) electrons. The van der Waals surface area contributed by atoms with E-state index < -0.39 is 10.0 Å². The number of carbonyl (C=O) groups excluding carboxylic acids is 1. The predicted molar refractivity (Wildman–Crippen MR) is 125 cm³/mol. The van der Waals surface area contributed by atoms with Gasteiger partial charge >= 0.3 is 0 Å². The van der Waals surface area contributed by atoms with Gasteiger partial charge in [0.1, 0.15) is 0 Å². The highest BCUT2D eigenvalue weighted by atomic mass is 32.2. The van der Waals surface area contributed by atoms with Crippen LogP contribution in [-0.2, 0) is 21.3 Å². The number of ether oxygens (including phenoxy) is 1. The fourth-order valence-corrected chi connectivity index (χ4v) is 4.99. The molecule has 2 aromatic carbocycles. The Hall–Kier alpha value is -2.75. The molecule has 8 nitrogen and oxygen atoms in total. The van der Waals surface area contributed by atoms with Crippen LogP contribution >= 0.6 is 0 Å². The molecule has 1 amide bonds. The maximum absolute atomic E-state index is 12.9. The summed E-state index contributed by atoms with van der Waals surface area (Å²) >= 11 is 0. The van der Waals surface area contributed by atoms with Crippen molar-refractivity contribution in [1.82, 2.24) is 13.9 Å². The molecule has 0 bridgehead atoms. The van der Waals surface area contributed by atoms with Crippen LogP contribution in [0.2, 0.25) is 0 Å². The van der Waals surface area contributed by atoms with Crippen molar-refractivity contribution in [3.8, 4) is 0 Å². The zero-order valence-corrected chi connectivity index (χ0v) is 19.6. The number of para-hydroxylation sites is 2. The van der Waals surface area contributed by atoms with E-state index in [1.54, 1.807) is 13.8 Å². The Morgan fingerprint density at radius 2 is 1.75 bits per heavy atom. The summed E-state index contributed by atoms with van der Waals surface area (Å²) in [5.41, 5.74) is 2.08. The number of benzene rings is 2. The summed E-state index contributed by atoms with van der Waals surface area (Å²) in [7, 11) is -3.57. The number of amides is 1. The third-order valence-corrected chi connectivity index (χ3v) is 7.28. The first kappa shape index (κ1) is 23.9. The smallest absolute Gasteiger partial charge is 0.257 e. The number of aryl methyl sites for hydroxylation is 1. The van der Waals surface area contributed by atoms with Gasteiger partial charge in [-0.2, -0.15) is 4.31 Å². The van der Waals surface area contributed by atoms with Crippen LogP contribution in [-0.4, -0.2) is 54.5 Å². The summed E-state index contributed by atoms with van der Waals surface area (Å²) in [6.07, 6.45) is 0.787. The number of sulfonamides is 1. The van der Waals surface area contributed by atoms with Gasteiger partial charge in [-0.25, -0.2) is 13.4 Å². The molecule has 32 heavy (non-hydrogen) atoms. The van der Waals surface area contributed by atoms with Gasteiger partial charge in [0.05, 0.1) is 15.9 Å². The second-order valence-electron chi connectivity index (χ2n) is 7.19. The number of hydrogen-bond donors (Lipinski definition) is 1. The highest BCUT2D eigenvalue weighted by Crippen LogP contribution is 2.21. The number of anilines is 1. The van der Waals surface area contributed by atoms with Crippen LogP contribution in [0, 0.1) is 0 Å². The molecule has 0 aliphatic carbocycles. The summed E-state index contributed by atoms with van der Waals surface area (Å²) in [5, 5.41) is 2.87. The molecule has 172 valence electrons. The normalized spacial score (nSPS) is 11.9. The summed E-state index contributed by atoms with van der Waals surface area (Å²) in [5.74, 6) is 0.102. The number of fused-ring (bicyclic) bond motifs is 1. The highest BCUT2D eigenvalue weighted by Gasteiger charge is 2.22. The topological polar surface area (TPSA) is 93.5 Å². The summed E-state index contributed by atoms with van der Waals surface area (Å²) in [6, 6.07) is 13.7. The number of imidazole rings is 1. The molecule has 3 rings (SSSR count). The molecule has 1 aromatic heterocycles. The van der Waals surface area contributed by atoms with E-state index in [-0.39, 0.29) is 10.8 Å². The maximum Gasteiger partial charge on any atom is 0.257 e. The van der Waals surface area contributed by atoms with Crippen LogP contribution in [0.5, 0.6) is 0 Å². The minimum Gasteiger partial charge on any atom is -0.382 e. The van der Waals surface area contributed by atoms with Gasteiger partial charge < -0.3 is 9.30 Å². The average Bonchev–Trinajstić information content (AvgIpc) is 3.14. The first-order chi connectivity index (χ1) is 15.4. The molecule has 0 saturated carbocycles. The van der Waals surface area contributed by atoms with E-state index in [1.165, 1.54) is 28.6 Å². The van der Waals surface area contributed by atoms with E-state index >= 15 is 0 Å². The second kappa shape index (κ2) is 10.7. The van der Waals surface area contributed by atoms with Crippen molar-refractivity contribution >= 4 is 32.9 Å². The first-order valence-electron chi connectivity index (χ1n) is 10.9. The average molecular weight is 459 g/mol. The number of hydrogen-bond acceptors (Lipinski definition) is 5. The monoisotopic (exact) mass is 458 g/mol. The molecular formula is C23H30N4O4S. The Labute approximate surface area is 189 Å². The lowest BCUT2D eigenvalue weighted by atomic mass is 10.2. The quantitative estimate of drug-likeness (QED) is 0.442. The van der Waals surface area contributed by atoms with Gasteiger partial charge in [-0.05, 0) is 49.7 Å². The van der Waals surface area contributed by atoms with Crippen LogP contribution in [0.3, 0.4) is 0 Å². The Balaban J connectivity index is 1.81. The lowest BCUT2D eigenvalue weighted by Gasteiger charge is -2.18.